The molecule has 3 nitrogen and oxygen atoms in total. The minimum absolute atomic E-state index is 0.263. The van der Waals surface area contributed by atoms with Gasteiger partial charge in [-0.15, -0.1) is 0 Å². The highest BCUT2D eigenvalue weighted by molar-refractivity contribution is 9.10. The number of halogens is 1. The average molecular weight is 287 g/mol. The van der Waals surface area contributed by atoms with Crippen LogP contribution in [0, 0.1) is 0 Å². The van der Waals surface area contributed by atoms with Crippen LogP contribution in [0.3, 0.4) is 0 Å². The van der Waals surface area contributed by atoms with E-state index < -0.39 is 0 Å². The zero-order valence-corrected chi connectivity index (χ0v) is 11.5. The Morgan fingerprint density at radius 2 is 2.19 bits per heavy atom. The summed E-state index contributed by atoms with van der Waals surface area (Å²) in [5.74, 6) is 0. The maximum atomic E-state index is 5.68. The molecule has 0 spiro atoms. The van der Waals surface area contributed by atoms with Gasteiger partial charge in [0, 0.05) is 0 Å². The third kappa shape index (κ3) is 2.66. The Bertz CT molecular complexity index is 343. The van der Waals surface area contributed by atoms with E-state index in [1.54, 1.807) is 0 Å². The summed E-state index contributed by atoms with van der Waals surface area (Å²) in [7, 11) is 0. The highest BCUT2D eigenvalue weighted by atomic mass is 79.9. The van der Waals surface area contributed by atoms with Crippen molar-refractivity contribution in [1.82, 2.24) is 9.78 Å². The van der Waals surface area contributed by atoms with Crippen LogP contribution in [0.1, 0.15) is 51.3 Å². The Kier molecular flexibility index (Phi) is 4.03. The van der Waals surface area contributed by atoms with Crippen LogP contribution in [0.2, 0.25) is 0 Å². The summed E-state index contributed by atoms with van der Waals surface area (Å²) in [6.45, 7) is 4.77. The van der Waals surface area contributed by atoms with Gasteiger partial charge in [0.15, 0.2) is 0 Å². The van der Waals surface area contributed by atoms with E-state index in [2.05, 4.69) is 39.6 Å². The van der Waals surface area contributed by atoms with Crippen molar-refractivity contribution in [2.24, 2.45) is 0 Å². The molecule has 0 saturated heterocycles. The highest BCUT2D eigenvalue weighted by Gasteiger charge is 2.21. The Morgan fingerprint density at radius 1 is 1.50 bits per heavy atom. The molecular formula is C12H19BrN2O. The minimum atomic E-state index is 0.263. The van der Waals surface area contributed by atoms with Gasteiger partial charge in [0.2, 0.25) is 0 Å². The van der Waals surface area contributed by atoms with E-state index in [4.69, 9.17) is 4.74 Å². The van der Waals surface area contributed by atoms with Crippen molar-refractivity contribution in [3.8, 4) is 0 Å². The average Bonchev–Trinajstić information content (AvgIpc) is 2.83. The van der Waals surface area contributed by atoms with Crippen LogP contribution >= 0.6 is 15.9 Å². The van der Waals surface area contributed by atoms with Gasteiger partial charge in [-0.05, 0) is 42.6 Å². The van der Waals surface area contributed by atoms with E-state index in [-0.39, 0.29) is 6.10 Å². The number of nitrogens with zero attached hydrogens (tertiary/aromatic N) is 2. The van der Waals surface area contributed by atoms with Crippen LogP contribution in [0.25, 0.3) is 0 Å². The number of rotatable bonds is 4. The Labute approximate surface area is 105 Å². The van der Waals surface area contributed by atoms with Gasteiger partial charge < -0.3 is 4.74 Å². The Hall–Kier alpha value is -0.350. The van der Waals surface area contributed by atoms with Crippen molar-refractivity contribution >= 4 is 15.9 Å². The third-order valence-electron chi connectivity index (χ3n) is 3.07. The van der Waals surface area contributed by atoms with E-state index >= 15 is 0 Å². The first-order valence-corrected chi connectivity index (χ1v) is 6.81. The lowest BCUT2D eigenvalue weighted by molar-refractivity contribution is 0.0598. The van der Waals surface area contributed by atoms with Crippen LogP contribution in [0.15, 0.2) is 10.7 Å². The van der Waals surface area contributed by atoms with Gasteiger partial charge in [0.05, 0.1) is 35.1 Å². The quantitative estimate of drug-likeness (QED) is 0.844. The number of hydrogen-bond acceptors (Lipinski definition) is 2. The Balaban J connectivity index is 2.11. The molecular weight excluding hydrogens is 268 g/mol. The van der Waals surface area contributed by atoms with Gasteiger partial charge in [-0.1, -0.05) is 12.8 Å². The summed E-state index contributed by atoms with van der Waals surface area (Å²) < 4.78 is 8.90. The maximum absolute atomic E-state index is 5.68. The topological polar surface area (TPSA) is 27.1 Å². The van der Waals surface area contributed by atoms with E-state index in [9.17, 15) is 0 Å². The summed E-state index contributed by atoms with van der Waals surface area (Å²) in [6, 6.07) is 0.581. The van der Waals surface area contributed by atoms with Gasteiger partial charge in [-0.3, -0.25) is 4.68 Å². The van der Waals surface area contributed by atoms with E-state index in [1.165, 1.54) is 31.4 Å². The molecule has 1 heterocycles. The van der Waals surface area contributed by atoms with Crippen LogP contribution < -0.4 is 0 Å². The fourth-order valence-electron chi connectivity index (χ4n) is 2.21. The smallest absolute Gasteiger partial charge is 0.0899 e. The predicted octanol–water partition coefficient (Wildman–Crippen LogP) is 3.69. The molecule has 4 heteroatoms. The van der Waals surface area contributed by atoms with Crippen LogP contribution in [-0.4, -0.2) is 15.9 Å². The summed E-state index contributed by atoms with van der Waals surface area (Å²) >= 11 is 3.55. The summed E-state index contributed by atoms with van der Waals surface area (Å²) in [6.07, 6.45) is 7.31. The molecule has 90 valence electrons. The number of aromatic nitrogens is 2. The minimum Gasteiger partial charge on any atom is -0.372 e. The first kappa shape index (κ1) is 12.1. The van der Waals surface area contributed by atoms with Crippen molar-refractivity contribution in [2.45, 2.75) is 58.3 Å². The normalized spacial score (nSPS) is 17.5. The lowest BCUT2D eigenvalue weighted by Gasteiger charge is -2.15. The second kappa shape index (κ2) is 5.32. The summed E-state index contributed by atoms with van der Waals surface area (Å²) in [4.78, 5) is 0. The van der Waals surface area contributed by atoms with Gasteiger partial charge in [-0.2, -0.15) is 5.10 Å². The Morgan fingerprint density at radius 3 is 2.81 bits per heavy atom. The first-order valence-electron chi connectivity index (χ1n) is 6.02. The van der Waals surface area contributed by atoms with E-state index in [0.29, 0.717) is 12.6 Å². The van der Waals surface area contributed by atoms with Gasteiger partial charge >= 0.3 is 0 Å². The van der Waals surface area contributed by atoms with Crippen molar-refractivity contribution in [1.29, 1.82) is 0 Å². The van der Waals surface area contributed by atoms with Crippen molar-refractivity contribution < 1.29 is 4.74 Å². The predicted molar refractivity (Wildman–Crippen MR) is 67.4 cm³/mol. The van der Waals surface area contributed by atoms with Crippen molar-refractivity contribution in [2.75, 3.05) is 0 Å². The van der Waals surface area contributed by atoms with Gasteiger partial charge in [0.1, 0.15) is 0 Å². The molecule has 1 aliphatic carbocycles. The first-order chi connectivity index (χ1) is 7.68. The lowest BCUT2D eigenvalue weighted by Crippen LogP contribution is -2.13. The summed E-state index contributed by atoms with van der Waals surface area (Å²) in [5, 5.41) is 4.47. The third-order valence-corrected chi connectivity index (χ3v) is 3.73. The molecule has 1 aliphatic rings. The van der Waals surface area contributed by atoms with E-state index in [0.717, 1.165) is 4.47 Å². The summed E-state index contributed by atoms with van der Waals surface area (Å²) in [5.41, 5.74) is 1.18. The zero-order chi connectivity index (χ0) is 11.5. The maximum Gasteiger partial charge on any atom is 0.0899 e. The molecule has 0 unspecified atom stereocenters. The second-order valence-electron chi connectivity index (χ2n) is 4.68. The molecule has 0 aliphatic heterocycles. The molecule has 0 bridgehead atoms. The standard InChI is InChI=1S/C12H19BrN2O/c1-9(2)16-8-12-11(13)7-14-15(12)10-5-3-4-6-10/h7,9-10H,3-6,8H2,1-2H3. The van der Waals surface area contributed by atoms with Gasteiger partial charge in [-0.25, -0.2) is 0 Å². The molecule has 1 fully saturated rings. The fourth-order valence-corrected chi connectivity index (χ4v) is 2.60. The second-order valence-corrected chi connectivity index (χ2v) is 5.54. The largest absolute Gasteiger partial charge is 0.372 e. The molecule has 0 atom stereocenters. The molecule has 1 saturated carbocycles. The molecule has 0 radical (unpaired) electrons. The lowest BCUT2D eigenvalue weighted by atomic mass is 10.2. The number of hydrogen-bond donors (Lipinski definition) is 0. The molecule has 1 aromatic rings. The zero-order valence-electron chi connectivity index (χ0n) is 9.95. The van der Waals surface area contributed by atoms with Gasteiger partial charge in [0.25, 0.3) is 0 Å². The molecule has 0 amide bonds. The fraction of sp³-hybridized carbons (Fsp3) is 0.750. The molecule has 2 rings (SSSR count). The van der Waals surface area contributed by atoms with E-state index in [1.807, 2.05) is 6.20 Å². The van der Waals surface area contributed by atoms with Crippen molar-refractivity contribution in [3.05, 3.63) is 16.4 Å². The molecule has 0 aromatic carbocycles. The monoisotopic (exact) mass is 286 g/mol. The highest BCUT2D eigenvalue weighted by Crippen LogP contribution is 2.32. The van der Waals surface area contributed by atoms with Crippen LogP contribution in [-0.2, 0) is 11.3 Å². The van der Waals surface area contributed by atoms with Crippen LogP contribution in [0.5, 0.6) is 0 Å². The van der Waals surface area contributed by atoms with Crippen molar-refractivity contribution in [3.63, 3.8) is 0 Å². The van der Waals surface area contributed by atoms with Crippen LogP contribution in [0.4, 0.5) is 0 Å². The SMILES string of the molecule is CC(C)OCc1c(Br)cnn1C1CCCC1. The molecule has 0 N–H and O–H groups in total. The number of ether oxygens (including phenoxy) is 1. The molecule has 1 aromatic heterocycles. The molecule has 16 heavy (non-hydrogen) atoms.